The number of aliphatic carboxylic acids is 1. The van der Waals surface area contributed by atoms with Crippen molar-refractivity contribution in [1.82, 2.24) is 0 Å². The van der Waals surface area contributed by atoms with Crippen LogP contribution in [0, 0.1) is 30.6 Å². The van der Waals surface area contributed by atoms with E-state index in [0.717, 1.165) is 40.0 Å². The van der Waals surface area contributed by atoms with E-state index in [2.05, 4.69) is 19.2 Å². The number of carboxylic acids is 1. The minimum absolute atomic E-state index is 0.0720. The largest absolute Gasteiger partial charge is 0.481 e. The number of fused-ring (bicyclic) bond motifs is 2. The van der Waals surface area contributed by atoms with Gasteiger partial charge in [0.15, 0.2) is 0 Å². The Morgan fingerprint density at radius 1 is 1.06 bits per heavy atom. The second kappa shape index (κ2) is 9.02. The number of allylic oxidation sites excluding steroid dienone is 2. The zero-order valence-corrected chi connectivity index (χ0v) is 21.1. The monoisotopic (exact) mass is 480 g/mol. The lowest BCUT2D eigenvalue weighted by molar-refractivity contribution is -0.148. The number of amides is 2. The Morgan fingerprint density at radius 3 is 2.15 bits per heavy atom. The number of benzene rings is 1. The highest BCUT2D eigenvalue weighted by Gasteiger charge is 2.57. The van der Waals surface area contributed by atoms with Gasteiger partial charge in [-0.15, -0.1) is 11.3 Å². The first-order chi connectivity index (χ1) is 16.0. The van der Waals surface area contributed by atoms with Crippen molar-refractivity contribution in [2.24, 2.45) is 29.4 Å². The minimum Gasteiger partial charge on any atom is -0.481 e. The molecule has 0 saturated heterocycles. The summed E-state index contributed by atoms with van der Waals surface area (Å²) >= 11 is 1.31. The van der Waals surface area contributed by atoms with Crippen molar-refractivity contribution in [2.45, 2.75) is 53.4 Å². The van der Waals surface area contributed by atoms with E-state index in [1.807, 2.05) is 45.0 Å². The molecule has 0 radical (unpaired) electrons. The van der Waals surface area contributed by atoms with Crippen molar-refractivity contribution in [3.8, 4) is 11.1 Å². The van der Waals surface area contributed by atoms with E-state index >= 15 is 0 Å². The normalized spacial score (nSPS) is 23.4. The van der Waals surface area contributed by atoms with Gasteiger partial charge in [0.2, 0.25) is 5.91 Å². The van der Waals surface area contributed by atoms with Gasteiger partial charge in [-0.25, -0.2) is 0 Å². The fourth-order valence-electron chi connectivity index (χ4n) is 6.05. The summed E-state index contributed by atoms with van der Waals surface area (Å²) in [6, 6.07) is 8.02. The number of carbonyl (C=O) groups is 3. The highest BCUT2D eigenvalue weighted by molar-refractivity contribution is 7.17. The number of hydrogen-bond acceptors (Lipinski definition) is 4. The predicted octanol–water partition coefficient (Wildman–Crippen LogP) is 5.58. The van der Waals surface area contributed by atoms with Gasteiger partial charge >= 0.3 is 5.97 Å². The van der Waals surface area contributed by atoms with Crippen molar-refractivity contribution in [2.75, 3.05) is 5.32 Å². The second-order valence-electron chi connectivity index (χ2n) is 10.0. The summed E-state index contributed by atoms with van der Waals surface area (Å²) in [4.78, 5) is 39.0. The van der Waals surface area contributed by atoms with Gasteiger partial charge in [0.1, 0.15) is 5.00 Å². The molecule has 2 amide bonds. The molecule has 1 heterocycles. The number of nitrogens with one attached hydrogen (secondary N) is 1. The molecule has 1 aromatic heterocycles. The number of hydrogen-bond donors (Lipinski definition) is 3. The lowest BCUT2D eigenvalue weighted by Gasteiger charge is -2.26. The first-order valence-electron chi connectivity index (χ1n) is 11.8. The predicted molar refractivity (Wildman–Crippen MR) is 135 cm³/mol. The number of thiophene rings is 1. The SMILES string of the molecule is CC(C)=C1[C@H]2CC[C@H]1[C@@H](C(=O)Nc1sc(C)c(-c3ccc(C(C)C)cc3)c1C(N)=O)[C@@H]2C(=O)O. The maximum Gasteiger partial charge on any atom is 0.307 e. The molecule has 4 rings (SSSR count). The van der Waals surface area contributed by atoms with E-state index in [0.29, 0.717) is 10.9 Å². The summed E-state index contributed by atoms with van der Waals surface area (Å²) in [7, 11) is 0. The van der Waals surface area contributed by atoms with E-state index in [-0.39, 0.29) is 23.3 Å². The van der Waals surface area contributed by atoms with Crippen LogP contribution in [-0.2, 0) is 9.59 Å². The molecular weight excluding hydrogens is 448 g/mol. The summed E-state index contributed by atoms with van der Waals surface area (Å²) < 4.78 is 0. The summed E-state index contributed by atoms with van der Waals surface area (Å²) in [6.45, 7) is 10.1. The van der Waals surface area contributed by atoms with Crippen LogP contribution >= 0.6 is 11.3 Å². The van der Waals surface area contributed by atoms with E-state index in [4.69, 9.17) is 5.73 Å². The summed E-state index contributed by atoms with van der Waals surface area (Å²) in [5, 5.41) is 13.3. The summed E-state index contributed by atoms with van der Waals surface area (Å²) in [6.07, 6.45) is 1.61. The van der Waals surface area contributed by atoms with Gasteiger partial charge in [0.25, 0.3) is 5.91 Å². The molecule has 0 aliphatic heterocycles. The number of carbonyl (C=O) groups excluding carboxylic acids is 2. The van der Waals surface area contributed by atoms with E-state index in [9.17, 15) is 19.5 Å². The zero-order chi connectivity index (χ0) is 24.9. The highest BCUT2D eigenvalue weighted by Crippen LogP contribution is 2.57. The molecule has 2 aliphatic rings. The third-order valence-electron chi connectivity index (χ3n) is 7.44. The fraction of sp³-hybridized carbons (Fsp3) is 0.444. The lowest BCUT2D eigenvalue weighted by atomic mass is 9.78. The third-order valence-corrected chi connectivity index (χ3v) is 8.46. The van der Waals surface area contributed by atoms with Crippen LogP contribution in [0.25, 0.3) is 11.1 Å². The number of carboxylic acid groups (broad SMARTS) is 1. The van der Waals surface area contributed by atoms with E-state index < -0.39 is 23.7 Å². The Morgan fingerprint density at radius 2 is 1.65 bits per heavy atom. The fourth-order valence-corrected chi connectivity index (χ4v) is 7.13. The molecule has 2 saturated carbocycles. The standard InChI is InChI=1S/C27H32N2O4S/c1-12(2)15-6-8-16(9-7-15)20-14(5)34-26(23(20)24(28)30)29-25(31)21-17-10-11-18(19(17)13(3)4)22(21)27(32)33/h6-9,12,17-18,21-22H,10-11H2,1-5H3,(H2,28,30)(H,29,31)(H,32,33)/t17-,18-,21-,22-/m1/s1. The van der Waals surface area contributed by atoms with Gasteiger partial charge in [0, 0.05) is 10.4 Å². The van der Waals surface area contributed by atoms with Gasteiger partial charge in [-0.3, -0.25) is 14.4 Å². The molecular formula is C27H32N2O4S. The van der Waals surface area contributed by atoms with Gasteiger partial charge in [0.05, 0.1) is 17.4 Å². The smallest absolute Gasteiger partial charge is 0.307 e. The van der Waals surface area contributed by atoms with Crippen LogP contribution in [0.2, 0.25) is 0 Å². The van der Waals surface area contributed by atoms with Gasteiger partial charge in [-0.2, -0.15) is 0 Å². The van der Waals surface area contributed by atoms with E-state index in [1.54, 1.807) is 0 Å². The number of aryl methyl sites for hydroxylation is 1. The lowest BCUT2D eigenvalue weighted by Crippen LogP contribution is -2.38. The van der Waals surface area contributed by atoms with Crippen molar-refractivity contribution >= 4 is 34.1 Å². The quantitative estimate of drug-likeness (QED) is 0.469. The Kier molecular flexibility index (Phi) is 6.42. The Bertz CT molecular complexity index is 1190. The van der Waals surface area contributed by atoms with E-state index in [1.165, 1.54) is 16.9 Å². The molecule has 7 heteroatoms. The Labute approximate surface area is 204 Å². The molecule has 2 fully saturated rings. The number of primary amides is 1. The molecule has 6 nitrogen and oxygen atoms in total. The first-order valence-corrected chi connectivity index (χ1v) is 12.6. The van der Waals surface area contributed by atoms with Crippen LogP contribution in [0.15, 0.2) is 35.4 Å². The molecule has 2 bridgehead atoms. The number of rotatable bonds is 6. The topological polar surface area (TPSA) is 109 Å². The third kappa shape index (κ3) is 3.96. The van der Waals surface area contributed by atoms with Gasteiger partial charge in [-0.1, -0.05) is 49.3 Å². The average molecular weight is 481 g/mol. The van der Waals surface area contributed by atoms with Gasteiger partial charge in [-0.05, 0) is 62.5 Å². The molecule has 4 atom stereocenters. The van der Waals surface area contributed by atoms with Crippen molar-refractivity contribution in [3.05, 3.63) is 51.4 Å². The number of nitrogens with two attached hydrogens (primary N) is 1. The Balaban J connectivity index is 1.70. The van der Waals surface area contributed by atoms with Crippen LogP contribution in [0.1, 0.15) is 67.3 Å². The van der Waals surface area contributed by atoms with Crippen molar-refractivity contribution < 1.29 is 19.5 Å². The second-order valence-corrected chi connectivity index (χ2v) is 11.2. The first kappa shape index (κ1) is 24.2. The molecule has 0 unspecified atom stereocenters. The maximum absolute atomic E-state index is 13.5. The van der Waals surface area contributed by atoms with Crippen LogP contribution in [-0.4, -0.2) is 22.9 Å². The Hall–Kier alpha value is -2.93. The van der Waals surface area contributed by atoms with Crippen molar-refractivity contribution in [3.63, 3.8) is 0 Å². The summed E-state index contributed by atoms with van der Waals surface area (Å²) in [5.74, 6) is -3.08. The average Bonchev–Trinajstić information content (AvgIpc) is 3.42. The van der Waals surface area contributed by atoms with Crippen LogP contribution < -0.4 is 11.1 Å². The van der Waals surface area contributed by atoms with Crippen LogP contribution in [0.3, 0.4) is 0 Å². The molecule has 1 aromatic carbocycles. The van der Waals surface area contributed by atoms with Crippen LogP contribution in [0.5, 0.6) is 0 Å². The molecule has 180 valence electrons. The van der Waals surface area contributed by atoms with Crippen LogP contribution in [0.4, 0.5) is 5.00 Å². The highest BCUT2D eigenvalue weighted by atomic mass is 32.1. The van der Waals surface area contributed by atoms with Gasteiger partial charge < -0.3 is 16.2 Å². The number of anilines is 1. The van der Waals surface area contributed by atoms with Crippen molar-refractivity contribution in [1.29, 1.82) is 0 Å². The molecule has 34 heavy (non-hydrogen) atoms. The minimum atomic E-state index is -0.936. The zero-order valence-electron chi connectivity index (χ0n) is 20.3. The molecule has 2 aliphatic carbocycles. The summed E-state index contributed by atoms with van der Waals surface area (Å²) in [5.41, 5.74) is 11.1. The molecule has 2 aromatic rings. The molecule has 0 spiro atoms. The molecule has 4 N–H and O–H groups in total. The maximum atomic E-state index is 13.5.